The molecule has 0 bridgehead atoms. The Balaban J connectivity index is 1.72. The van der Waals surface area contributed by atoms with E-state index in [1.54, 1.807) is 19.4 Å². The third kappa shape index (κ3) is 3.94. The van der Waals surface area contributed by atoms with Gasteiger partial charge in [-0.3, -0.25) is 0 Å². The molecule has 1 aliphatic carbocycles. The van der Waals surface area contributed by atoms with Gasteiger partial charge in [-0.25, -0.2) is 9.97 Å². The number of methoxy groups -OCH3 is 1. The van der Waals surface area contributed by atoms with E-state index in [0.717, 1.165) is 29.7 Å². The van der Waals surface area contributed by atoms with Gasteiger partial charge >= 0.3 is 0 Å². The van der Waals surface area contributed by atoms with E-state index >= 15 is 0 Å². The normalized spacial score (nSPS) is 13.9. The molecular weight excluding hydrogens is 424 g/mol. The third-order valence-corrected chi connectivity index (χ3v) is 6.11. The van der Waals surface area contributed by atoms with Crippen LogP contribution in [0.15, 0.2) is 30.5 Å². The van der Waals surface area contributed by atoms with Crippen LogP contribution >= 0.6 is 11.6 Å². The zero-order valence-electron chi connectivity index (χ0n) is 18.8. The van der Waals surface area contributed by atoms with Crippen LogP contribution in [0.5, 0.6) is 5.88 Å². The van der Waals surface area contributed by atoms with Crippen molar-refractivity contribution in [3.63, 3.8) is 0 Å². The van der Waals surface area contributed by atoms with Crippen LogP contribution in [-0.2, 0) is 11.8 Å². The number of ether oxygens (including phenoxy) is 1. The number of pyridine rings is 1. The molecule has 0 radical (unpaired) electrons. The highest BCUT2D eigenvalue weighted by atomic mass is 35.5. The zero-order valence-corrected chi connectivity index (χ0v) is 19.6. The second kappa shape index (κ2) is 8.29. The van der Waals surface area contributed by atoms with E-state index in [9.17, 15) is 5.26 Å². The molecule has 4 rings (SSSR count). The Hall–Kier alpha value is -3.37. The molecule has 0 amide bonds. The van der Waals surface area contributed by atoms with Crippen molar-refractivity contribution in [3.05, 3.63) is 52.2 Å². The zero-order chi connectivity index (χ0) is 23.0. The first-order valence-electron chi connectivity index (χ1n) is 10.3. The first-order valence-corrected chi connectivity index (χ1v) is 10.7. The topological polar surface area (TPSA) is 87.0 Å². The van der Waals surface area contributed by atoms with Crippen LogP contribution in [0.2, 0.25) is 5.02 Å². The number of nitrogens with one attached hydrogen (secondary N) is 1. The summed E-state index contributed by atoms with van der Waals surface area (Å²) in [5.41, 5.74) is 5.31. The number of aromatic nitrogens is 3. The largest absolute Gasteiger partial charge is 0.479 e. The van der Waals surface area contributed by atoms with E-state index in [1.165, 1.54) is 5.56 Å². The van der Waals surface area contributed by atoms with Crippen molar-refractivity contribution in [2.45, 2.75) is 32.1 Å². The first kappa shape index (κ1) is 21.8. The molecular formula is C24H25ClN6O. The number of hydrogen-bond donors (Lipinski definition) is 1. The van der Waals surface area contributed by atoms with Crippen molar-refractivity contribution in [1.82, 2.24) is 15.0 Å². The van der Waals surface area contributed by atoms with E-state index in [2.05, 4.69) is 46.3 Å². The Kier molecular flexibility index (Phi) is 5.66. The summed E-state index contributed by atoms with van der Waals surface area (Å²) in [6.45, 7) is 4.44. The number of halogens is 1. The maximum Gasteiger partial charge on any atom is 0.239 e. The summed E-state index contributed by atoms with van der Waals surface area (Å²) in [7, 11) is 5.27. The Morgan fingerprint density at radius 3 is 2.69 bits per heavy atom. The molecule has 3 aromatic rings. The molecule has 2 aromatic heterocycles. The number of rotatable bonds is 5. The number of hydrogen-bond acceptors (Lipinski definition) is 7. The maximum absolute atomic E-state index is 9.71. The van der Waals surface area contributed by atoms with Crippen molar-refractivity contribution >= 4 is 29.1 Å². The number of nitriles is 1. The van der Waals surface area contributed by atoms with Crippen molar-refractivity contribution in [2.75, 3.05) is 31.4 Å². The molecule has 0 aliphatic heterocycles. The molecule has 1 aliphatic rings. The number of nitrogens with zero attached hydrogens (tertiary/aromatic N) is 5. The number of fused-ring (bicyclic) bond motifs is 1. The number of anilines is 3. The molecule has 0 atom stereocenters. The molecule has 0 saturated heterocycles. The molecule has 1 N–H and O–H groups in total. The fourth-order valence-corrected chi connectivity index (χ4v) is 4.41. The van der Waals surface area contributed by atoms with Crippen molar-refractivity contribution in [1.29, 1.82) is 5.26 Å². The molecule has 32 heavy (non-hydrogen) atoms. The van der Waals surface area contributed by atoms with Crippen LogP contribution in [0, 0.1) is 11.3 Å². The van der Waals surface area contributed by atoms with Gasteiger partial charge in [-0.1, -0.05) is 25.4 Å². The first-order chi connectivity index (χ1) is 15.2. The second-order valence-corrected chi connectivity index (χ2v) is 9.09. The summed E-state index contributed by atoms with van der Waals surface area (Å²) < 4.78 is 5.43. The summed E-state index contributed by atoms with van der Waals surface area (Å²) >= 11 is 6.39. The molecule has 164 valence electrons. The highest BCUT2D eigenvalue weighted by Crippen LogP contribution is 2.42. The second-order valence-electron chi connectivity index (χ2n) is 8.68. The monoisotopic (exact) mass is 448 g/mol. The van der Waals surface area contributed by atoms with E-state index in [4.69, 9.17) is 16.3 Å². The highest BCUT2D eigenvalue weighted by Gasteiger charge is 2.32. The van der Waals surface area contributed by atoms with Crippen LogP contribution in [0.4, 0.5) is 17.5 Å². The lowest BCUT2D eigenvalue weighted by Crippen LogP contribution is -2.12. The highest BCUT2D eigenvalue weighted by molar-refractivity contribution is 6.33. The molecule has 1 aromatic carbocycles. The Morgan fingerprint density at radius 1 is 1.22 bits per heavy atom. The summed E-state index contributed by atoms with van der Waals surface area (Å²) in [5, 5.41) is 13.3. The Bertz CT molecular complexity index is 1230. The quantitative estimate of drug-likeness (QED) is 0.580. The van der Waals surface area contributed by atoms with Crippen LogP contribution in [0.25, 0.3) is 11.3 Å². The van der Waals surface area contributed by atoms with E-state index in [1.807, 2.05) is 31.1 Å². The summed E-state index contributed by atoms with van der Waals surface area (Å²) in [6.07, 6.45) is 3.65. The van der Waals surface area contributed by atoms with Gasteiger partial charge in [-0.05, 0) is 53.6 Å². The lowest BCUT2D eigenvalue weighted by Gasteiger charge is -2.20. The molecule has 0 spiro atoms. The van der Waals surface area contributed by atoms with E-state index < -0.39 is 0 Å². The molecule has 0 fully saturated rings. The van der Waals surface area contributed by atoms with Crippen LogP contribution in [0.1, 0.15) is 37.0 Å². The predicted molar refractivity (Wildman–Crippen MR) is 127 cm³/mol. The van der Waals surface area contributed by atoms with Crippen molar-refractivity contribution in [3.8, 4) is 23.2 Å². The maximum atomic E-state index is 9.71. The van der Waals surface area contributed by atoms with Crippen LogP contribution in [0.3, 0.4) is 0 Å². The van der Waals surface area contributed by atoms with Gasteiger partial charge in [-0.2, -0.15) is 10.2 Å². The van der Waals surface area contributed by atoms with Crippen LogP contribution < -0.4 is 15.0 Å². The summed E-state index contributed by atoms with van der Waals surface area (Å²) in [5.74, 6) is 1.38. The van der Waals surface area contributed by atoms with Gasteiger partial charge in [0, 0.05) is 25.9 Å². The Morgan fingerprint density at radius 2 is 2.00 bits per heavy atom. The fourth-order valence-electron chi connectivity index (χ4n) is 4.09. The summed E-state index contributed by atoms with van der Waals surface area (Å²) in [4.78, 5) is 15.3. The standard InChI is InChI=1S/C24H25ClN6O/c1-24(2)8-6-16-15(13-26)10-14(11-17(16)24)19-7-9-27-23(28-19)29-20-12-18(25)21(31(3)4)30-22(20)32-5/h7,9-12H,6,8H2,1-5H3,(H,27,28,29). The van der Waals surface area contributed by atoms with Gasteiger partial charge in [-0.15, -0.1) is 0 Å². The van der Waals surface area contributed by atoms with Gasteiger partial charge < -0.3 is 15.0 Å². The predicted octanol–water partition coefficient (Wildman–Crippen LogP) is 5.11. The summed E-state index contributed by atoms with van der Waals surface area (Å²) in [6, 6.07) is 10.0. The molecule has 2 heterocycles. The molecule has 0 saturated carbocycles. The smallest absolute Gasteiger partial charge is 0.239 e. The average molecular weight is 449 g/mol. The minimum atomic E-state index is 0.0367. The van der Waals surface area contributed by atoms with Crippen molar-refractivity contribution in [2.24, 2.45) is 0 Å². The third-order valence-electron chi connectivity index (χ3n) is 5.84. The van der Waals surface area contributed by atoms with Gasteiger partial charge in [0.05, 0.1) is 29.5 Å². The SMILES string of the molecule is COc1nc(N(C)C)c(Cl)cc1Nc1nccc(-c2cc(C#N)c3c(c2)C(C)(C)CC3)n1. The fraction of sp³-hybridized carbons (Fsp3) is 0.333. The number of benzene rings is 1. The van der Waals surface area contributed by atoms with Gasteiger partial charge in [0.2, 0.25) is 11.8 Å². The minimum absolute atomic E-state index is 0.0367. The van der Waals surface area contributed by atoms with E-state index in [0.29, 0.717) is 33.9 Å². The Labute approximate surface area is 193 Å². The average Bonchev–Trinajstić information content (AvgIpc) is 3.08. The van der Waals surface area contributed by atoms with Gasteiger partial charge in [0.1, 0.15) is 5.69 Å². The molecule has 8 heteroatoms. The van der Waals surface area contributed by atoms with Crippen LogP contribution in [-0.4, -0.2) is 36.2 Å². The minimum Gasteiger partial charge on any atom is -0.479 e. The van der Waals surface area contributed by atoms with E-state index in [-0.39, 0.29) is 5.41 Å². The lowest BCUT2D eigenvalue weighted by atomic mass is 9.84. The van der Waals surface area contributed by atoms with Gasteiger partial charge in [0.15, 0.2) is 5.82 Å². The lowest BCUT2D eigenvalue weighted by molar-refractivity contribution is 0.400. The molecule has 7 nitrogen and oxygen atoms in total. The molecule has 0 unspecified atom stereocenters. The van der Waals surface area contributed by atoms with Gasteiger partial charge in [0.25, 0.3) is 0 Å². The van der Waals surface area contributed by atoms with Crippen molar-refractivity contribution < 1.29 is 4.74 Å².